The van der Waals surface area contributed by atoms with Crippen molar-refractivity contribution < 1.29 is 24.2 Å². The summed E-state index contributed by atoms with van der Waals surface area (Å²) in [5.74, 6) is -2.49. The number of fused-ring (bicyclic) bond motifs is 1. The Balaban J connectivity index is 1.73. The number of carbonyl (C=O) groups is 3. The first-order valence-electron chi connectivity index (χ1n) is 15.7. The molecule has 10 heteroatoms. The van der Waals surface area contributed by atoms with Crippen LogP contribution in [0.2, 0.25) is 0 Å². The summed E-state index contributed by atoms with van der Waals surface area (Å²) in [5.41, 5.74) is 5.82. The number of methoxy groups -OCH3 is 1. The zero-order valence-electron chi connectivity index (χ0n) is 25.8. The Bertz CT molecular complexity index is 1340. The van der Waals surface area contributed by atoms with Crippen LogP contribution >= 0.6 is 0 Å². The molecule has 1 aliphatic heterocycles. The predicted molar refractivity (Wildman–Crippen MR) is 164 cm³/mol. The third-order valence-electron chi connectivity index (χ3n) is 9.54. The summed E-state index contributed by atoms with van der Waals surface area (Å²) in [6.07, 6.45) is 5.35. The van der Waals surface area contributed by atoms with Crippen LogP contribution in [-0.2, 0) is 26.3 Å². The van der Waals surface area contributed by atoms with Crippen molar-refractivity contribution in [3.8, 4) is 6.07 Å². The van der Waals surface area contributed by atoms with Gasteiger partial charge in [-0.05, 0) is 69.5 Å². The smallest absolute Gasteiger partial charge is 0.352 e. The minimum absolute atomic E-state index is 0.0382. The maximum absolute atomic E-state index is 13.9. The fraction of sp³-hybridized carbons (Fsp3) is 0.636. The zero-order valence-corrected chi connectivity index (χ0v) is 25.8. The molecule has 2 aliphatic rings. The highest BCUT2D eigenvalue weighted by molar-refractivity contribution is 6.06. The van der Waals surface area contributed by atoms with Crippen molar-refractivity contribution in [2.75, 3.05) is 33.4 Å². The predicted octanol–water partition coefficient (Wildman–Crippen LogP) is 4.06. The molecular formula is C33H47N5O5. The van der Waals surface area contributed by atoms with E-state index >= 15 is 0 Å². The lowest BCUT2D eigenvalue weighted by molar-refractivity contribution is -0.137. The van der Waals surface area contributed by atoms with Gasteiger partial charge >= 0.3 is 5.97 Å². The third kappa shape index (κ3) is 6.89. The molecule has 0 bridgehead atoms. The number of carbonyl (C=O) groups excluding carboxylic acids is 2. The van der Waals surface area contributed by atoms with E-state index in [1.807, 2.05) is 42.7 Å². The molecule has 1 saturated heterocycles. The highest BCUT2D eigenvalue weighted by atomic mass is 16.5. The number of ether oxygens (including phenoxy) is 1. The molecule has 0 radical (unpaired) electrons. The Morgan fingerprint density at radius 3 is 2.51 bits per heavy atom. The molecule has 2 fully saturated rings. The number of primary amides is 1. The van der Waals surface area contributed by atoms with Crippen LogP contribution in [0.25, 0.3) is 10.9 Å². The molecule has 0 spiro atoms. The van der Waals surface area contributed by atoms with Crippen LogP contribution in [0.4, 0.5) is 0 Å². The number of rotatable bonds is 13. The molecule has 4 N–H and O–H groups in total. The molecule has 43 heavy (non-hydrogen) atoms. The lowest BCUT2D eigenvalue weighted by atomic mass is 9.60. The van der Waals surface area contributed by atoms with Gasteiger partial charge in [0, 0.05) is 36.7 Å². The first kappa shape index (κ1) is 32.5. The summed E-state index contributed by atoms with van der Waals surface area (Å²) in [6.45, 7) is 8.03. The SMILES string of the molecule is COCCN1CCC(CCn2c(C(=O)O)c([C@]3(C(N)=O)CCCC[C@H]3C(=O)N[C@H](C#N)CC(C)C)c3ccccc32)CC1. The van der Waals surface area contributed by atoms with Gasteiger partial charge in [0.15, 0.2) is 0 Å². The largest absolute Gasteiger partial charge is 0.477 e. The van der Waals surface area contributed by atoms with Crippen molar-refractivity contribution in [2.24, 2.45) is 23.5 Å². The van der Waals surface area contributed by atoms with Crippen LogP contribution in [0, 0.1) is 29.1 Å². The number of aryl methyl sites for hydroxylation is 1. The van der Waals surface area contributed by atoms with Gasteiger partial charge in [-0.15, -0.1) is 0 Å². The Morgan fingerprint density at radius 1 is 1.16 bits per heavy atom. The number of benzene rings is 1. The first-order chi connectivity index (χ1) is 20.6. The van der Waals surface area contributed by atoms with Gasteiger partial charge in [-0.25, -0.2) is 4.79 Å². The fourth-order valence-electron chi connectivity index (χ4n) is 7.37. The van der Waals surface area contributed by atoms with Gasteiger partial charge in [0.05, 0.1) is 24.0 Å². The summed E-state index contributed by atoms with van der Waals surface area (Å²) in [7, 11) is 1.71. The Labute approximate surface area is 254 Å². The second-order valence-electron chi connectivity index (χ2n) is 12.7. The number of carboxylic acids is 1. The van der Waals surface area contributed by atoms with Gasteiger partial charge < -0.3 is 30.4 Å². The van der Waals surface area contributed by atoms with E-state index < -0.39 is 35.2 Å². The van der Waals surface area contributed by atoms with Crippen molar-refractivity contribution in [2.45, 2.75) is 83.2 Å². The lowest BCUT2D eigenvalue weighted by Gasteiger charge is -2.41. The molecular weight excluding hydrogens is 546 g/mol. The van der Waals surface area contributed by atoms with E-state index in [-0.39, 0.29) is 18.0 Å². The molecule has 234 valence electrons. The number of amides is 2. The van der Waals surface area contributed by atoms with Crippen LogP contribution in [0.5, 0.6) is 0 Å². The number of nitrogens with one attached hydrogen (secondary N) is 1. The number of aromatic carboxylic acids is 1. The lowest BCUT2D eigenvalue weighted by Crippen LogP contribution is -2.56. The minimum Gasteiger partial charge on any atom is -0.477 e. The maximum Gasteiger partial charge on any atom is 0.352 e. The number of carboxylic acid groups (broad SMARTS) is 1. The molecule has 2 aromatic rings. The molecule has 2 amide bonds. The van der Waals surface area contributed by atoms with Crippen molar-refractivity contribution >= 4 is 28.7 Å². The number of likely N-dealkylation sites (tertiary alicyclic amines) is 1. The number of hydrogen-bond donors (Lipinski definition) is 3. The normalized spacial score (nSPS) is 22.3. The van der Waals surface area contributed by atoms with Crippen molar-refractivity contribution in [3.05, 3.63) is 35.5 Å². The van der Waals surface area contributed by atoms with Gasteiger partial charge in [0.2, 0.25) is 11.8 Å². The van der Waals surface area contributed by atoms with Gasteiger partial charge in [-0.3, -0.25) is 9.59 Å². The number of para-hydroxylation sites is 1. The molecule has 1 aliphatic carbocycles. The first-order valence-corrected chi connectivity index (χ1v) is 15.7. The van der Waals surface area contributed by atoms with Crippen LogP contribution in [0.3, 0.4) is 0 Å². The quantitative estimate of drug-likeness (QED) is 0.317. The number of hydrogen-bond acceptors (Lipinski definition) is 6. The standard InChI is InChI=1S/C33H47N5O5/c1-22(2)20-24(21-34)36-30(39)26-9-6-7-14-33(26,32(35)42)28-25-8-4-5-10-27(25)38(29(28)31(40)41)17-13-23-11-15-37(16-12-23)18-19-43-3/h4-5,8,10,22-24,26H,6-7,9,11-20H2,1-3H3,(H2,35,42)(H,36,39)(H,40,41)/t24-,26-,33-/m0/s1. The molecule has 0 unspecified atom stereocenters. The van der Waals surface area contributed by atoms with E-state index in [9.17, 15) is 24.8 Å². The molecule has 1 aromatic heterocycles. The molecule has 3 atom stereocenters. The Hall–Kier alpha value is -3.42. The second kappa shape index (κ2) is 14.4. The van der Waals surface area contributed by atoms with Gasteiger partial charge in [0.25, 0.3) is 0 Å². The zero-order chi connectivity index (χ0) is 31.1. The van der Waals surface area contributed by atoms with E-state index in [0.717, 1.165) is 44.4 Å². The monoisotopic (exact) mass is 593 g/mol. The fourth-order valence-corrected chi connectivity index (χ4v) is 7.37. The summed E-state index contributed by atoms with van der Waals surface area (Å²) in [6, 6.07) is 8.89. The van der Waals surface area contributed by atoms with E-state index in [1.165, 1.54) is 0 Å². The average molecular weight is 594 g/mol. The van der Waals surface area contributed by atoms with Crippen molar-refractivity contribution in [1.82, 2.24) is 14.8 Å². The molecule has 1 saturated carbocycles. The maximum atomic E-state index is 13.9. The number of aromatic nitrogens is 1. The van der Waals surface area contributed by atoms with Crippen LogP contribution < -0.4 is 11.1 Å². The van der Waals surface area contributed by atoms with E-state index in [4.69, 9.17) is 10.5 Å². The van der Waals surface area contributed by atoms with E-state index in [1.54, 1.807) is 7.11 Å². The number of nitrogens with zero attached hydrogens (tertiary/aromatic N) is 3. The van der Waals surface area contributed by atoms with Gasteiger partial charge in [-0.1, -0.05) is 44.9 Å². The summed E-state index contributed by atoms with van der Waals surface area (Å²) >= 11 is 0. The van der Waals surface area contributed by atoms with Gasteiger partial charge in [-0.2, -0.15) is 5.26 Å². The van der Waals surface area contributed by atoms with Crippen LogP contribution in [0.1, 0.15) is 81.3 Å². The number of nitriles is 1. The summed E-state index contributed by atoms with van der Waals surface area (Å²) in [5, 5.41) is 23.9. The van der Waals surface area contributed by atoms with E-state index in [2.05, 4.69) is 16.3 Å². The van der Waals surface area contributed by atoms with Crippen LogP contribution in [-0.4, -0.2) is 71.7 Å². The topological polar surface area (TPSA) is 151 Å². The number of piperidine rings is 1. The van der Waals surface area contributed by atoms with Gasteiger partial charge in [0.1, 0.15) is 11.7 Å². The molecule has 1 aromatic carbocycles. The highest BCUT2D eigenvalue weighted by Crippen LogP contribution is 2.49. The molecule has 10 nitrogen and oxygen atoms in total. The minimum atomic E-state index is -1.51. The summed E-state index contributed by atoms with van der Waals surface area (Å²) in [4.78, 5) is 43.0. The third-order valence-corrected chi connectivity index (χ3v) is 9.54. The van der Waals surface area contributed by atoms with Crippen molar-refractivity contribution in [1.29, 1.82) is 5.26 Å². The van der Waals surface area contributed by atoms with E-state index in [0.29, 0.717) is 55.7 Å². The Morgan fingerprint density at radius 2 is 1.88 bits per heavy atom. The number of nitrogens with two attached hydrogens (primary N) is 1. The average Bonchev–Trinajstić information content (AvgIpc) is 3.33. The molecule has 2 heterocycles. The summed E-state index contributed by atoms with van der Waals surface area (Å²) < 4.78 is 7.05. The Kier molecular flexibility index (Phi) is 10.9. The molecule has 4 rings (SSSR count). The van der Waals surface area contributed by atoms with Crippen LogP contribution in [0.15, 0.2) is 24.3 Å². The highest BCUT2D eigenvalue weighted by Gasteiger charge is 2.54. The second-order valence-corrected chi connectivity index (χ2v) is 12.7. The van der Waals surface area contributed by atoms with Crippen molar-refractivity contribution in [3.63, 3.8) is 0 Å².